The summed E-state index contributed by atoms with van der Waals surface area (Å²) in [5.74, 6) is 1.90. The van der Waals surface area contributed by atoms with Gasteiger partial charge in [-0.1, -0.05) is 36.4 Å². The first-order valence-corrected chi connectivity index (χ1v) is 15.3. The van der Waals surface area contributed by atoms with Gasteiger partial charge < -0.3 is 9.80 Å². The molecule has 6 nitrogen and oxygen atoms in total. The van der Waals surface area contributed by atoms with Crippen molar-refractivity contribution in [3.8, 4) is 0 Å². The van der Waals surface area contributed by atoms with Gasteiger partial charge in [-0.15, -0.1) is 0 Å². The Balaban J connectivity index is 1.63. The zero-order valence-electron chi connectivity index (χ0n) is 24.2. The summed E-state index contributed by atoms with van der Waals surface area (Å²) in [6.07, 6.45) is 0. The number of carbonyl (C=O) groups is 2. The molecule has 1 saturated heterocycles. The lowest BCUT2D eigenvalue weighted by Crippen LogP contribution is -2.55. The lowest BCUT2D eigenvalue weighted by Gasteiger charge is -2.43. The normalized spacial score (nSPS) is 18.0. The molecule has 208 valence electrons. The number of amides is 4. The number of rotatable bonds is 6. The Hall–Kier alpha value is -2.32. The van der Waals surface area contributed by atoms with Crippen molar-refractivity contribution >= 4 is 47.0 Å². The number of benzene rings is 2. The van der Waals surface area contributed by atoms with Crippen LogP contribution in [0.5, 0.6) is 0 Å². The Morgan fingerprint density at radius 3 is 1.24 bits per heavy atom. The Kier molecular flexibility index (Phi) is 10.1. The molecule has 2 aromatic carbocycles. The summed E-state index contributed by atoms with van der Waals surface area (Å²) in [6.45, 7) is 14.0. The van der Waals surface area contributed by atoms with Crippen molar-refractivity contribution < 1.29 is 9.59 Å². The fraction of sp³-hybridized carbons (Fsp3) is 0.533. The number of hydrogen-bond acceptors (Lipinski definition) is 4. The molecule has 1 fully saturated rings. The molecule has 0 radical (unpaired) electrons. The first-order valence-electron chi connectivity index (χ1n) is 13.2. The van der Waals surface area contributed by atoms with Gasteiger partial charge in [0.15, 0.2) is 0 Å². The van der Waals surface area contributed by atoms with E-state index in [1.165, 1.54) is 0 Å². The number of nitrogens with zero attached hydrogens (tertiary/aromatic N) is 4. The van der Waals surface area contributed by atoms with Crippen LogP contribution in [0.4, 0.5) is 21.0 Å². The summed E-state index contributed by atoms with van der Waals surface area (Å²) < 4.78 is 0. The first kappa shape index (κ1) is 30.2. The minimum atomic E-state index is -0.292. The van der Waals surface area contributed by atoms with E-state index in [4.69, 9.17) is 0 Å². The van der Waals surface area contributed by atoms with E-state index in [-0.39, 0.29) is 23.1 Å². The highest BCUT2D eigenvalue weighted by Crippen LogP contribution is 2.34. The molecule has 2 atom stereocenters. The Labute approximate surface area is 238 Å². The monoisotopic (exact) mass is 556 g/mol. The van der Waals surface area contributed by atoms with Crippen molar-refractivity contribution in [2.45, 2.75) is 63.1 Å². The van der Waals surface area contributed by atoms with Crippen LogP contribution in [0.3, 0.4) is 0 Å². The molecule has 1 aliphatic heterocycles. The highest BCUT2D eigenvalue weighted by Gasteiger charge is 2.36. The number of urea groups is 2. The van der Waals surface area contributed by atoms with Gasteiger partial charge in [0.05, 0.1) is 0 Å². The molecule has 1 heterocycles. The number of carbonyl (C=O) groups excluding carboxylic acids is 2. The molecule has 0 saturated carbocycles. The van der Waals surface area contributed by atoms with Gasteiger partial charge in [-0.05, 0) is 65.8 Å². The number of para-hydroxylation sites is 2. The fourth-order valence-corrected chi connectivity index (χ4v) is 7.30. The largest absolute Gasteiger partial charge is 0.324 e. The molecule has 0 aromatic heterocycles. The molecule has 4 amide bonds. The van der Waals surface area contributed by atoms with E-state index in [9.17, 15) is 9.59 Å². The lowest BCUT2D eigenvalue weighted by molar-refractivity contribution is 0.151. The molecule has 8 heteroatoms. The van der Waals surface area contributed by atoms with Gasteiger partial charge in [-0.3, -0.25) is 9.80 Å². The average Bonchev–Trinajstić information content (AvgIpc) is 2.89. The number of hydrogen-bond donors (Lipinski definition) is 0. The van der Waals surface area contributed by atoms with Gasteiger partial charge >= 0.3 is 12.1 Å². The van der Waals surface area contributed by atoms with Crippen LogP contribution >= 0.6 is 23.5 Å². The van der Waals surface area contributed by atoms with E-state index in [0.29, 0.717) is 23.6 Å². The number of anilines is 2. The molecule has 0 bridgehead atoms. The molecule has 2 unspecified atom stereocenters. The van der Waals surface area contributed by atoms with Gasteiger partial charge in [-0.2, -0.15) is 23.5 Å². The maximum absolute atomic E-state index is 13.5. The molecule has 0 spiro atoms. The van der Waals surface area contributed by atoms with E-state index in [1.54, 1.807) is 9.80 Å². The molecule has 0 aliphatic carbocycles. The van der Waals surface area contributed by atoms with Gasteiger partial charge in [0, 0.05) is 71.6 Å². The quantitative estimate of drug-likeness (QED) is 0.388. The third-order valence-electron chi connectivity index (χ3n) is 6.75. The summed E-state index contributed by atoms with van der Waals surface area (Å²) in [5.41, 5.74) is 1.20. The minimum absolute atomic E-state index is 0.0184. The van der Waals surface area contributed by atoms with Crippen LogP contribution in [0.15, 0.2) is 60.7 Å². The topological polar surface area (TPSA) is 47.1 Å². The van der Waals surface area contributed by atoms with Crippen molar-refractivity contribution in [1.29, 1.82) is 0 Å². The van der Waals surface area contributed by atoms with E-state index in [2.05, 4.69) is 41.5 Å². The molecule has 0 N–H and O–H groups in total. The zero-order valence-corrected chi connectivity index (χ0v) is 25.8. The molecular formula is C30H44N4O2S2. The summed E-state index contributed by atoms with van der Waals surface area (Å²) in [4.78, 5) is 34.5. The van der Waals surface area contributed by atoms with E-state index < -0.39 is 0 Å². The van der Waals surface area contributed by atoms with Gasteiger partial charge in [0.1, 0.15) is 0 Å². The Bertz CT molecular complexity index is 960. The summed E-state index contributed by atoms with van der Waals surface area (Å²) in [5, 5.41) is 0.684. The van der Waals surface area contributed by atoms with Crippen LogP contribution < -0.4 is 9.80 Å². The molecule has 1 aliphatic rings. The Morgan fingerprint density at radius 2 is 0.974 bits per heavy atom. The van der Waals surface area contributed by atoms with Crippen LogP contribution in [0, 0.1) is 0 Å². The second kappa shape index (κ2) is 12.7. The first-order chi connectivity index (χ1) is 17.8. The predicted molar refractivity (Wildman–Crippen MR) is 166 cm³/mol. The SMILES string of the molecule is CN(C(=O)N(CC1CSC(CN(C(=O)N(C)c2ccccc2)C(C)(C)C)CS1)C(C)(C)C)c1ccccc1. The van der Waals surface area contributed by atoms with Gasteiger partial charge in [0.25, 0.3) is 0 Å². The van der Waals surface area contributed by atoms with Gasteiger partial charge in [-0.25, -0.2) is 9.59 Å². The second-order valence-electron chi connectivity index (χ2n) is 11.8. The van der Waals surface area contributed by atoms with Crippen LogP contribution in [-0.2, 0) is 0 Å². The third-order valence-corrected chi connectivity index (χ3v) is 9.94. The van der Waals surface area contributed by atoms with Crippen molar-refractivity contribution in [3.05, 3.63) is 60.7 Å². The molecule has 38 heavy (non-hydrogen) atoms. The lowest BCUT2D eigenvalue weighted by atomic mass is 10.1. The van der Waals surface area contributed by atoms with Crippen LogP contribution in [0.2, 0.25) is 0 Å². The van der Waals surface area contributed by atoms with Crippen molar-refractivity contribution in [3.63, 3.8) is 0 Å². The van der Waals surface area contributed by atoms with Crippen molar-refractivity contribution in [1.82, 2.24) is 9.80 Å². The molecule has 3 rings (SSSR count). The van der Waals surface area contributed by atoms with Crippen LogP contribution in [0.1, 0.15) is 41.5 Å². The number of thioether (sulfide) groups is 2. The van der Waals surface area contributed by atoms with Crippen LogP contribution in [0.25, 0.3) is 0 Å². The van der Waals surface area contributed by atoms with Crippen molar-refractivity contribution in [2.75, 3.05) is 48.5 Å². The summed E-state index contributed by atoms with van der Waals surface area (Å²) in [6, 6.07) is 19.6. The predicted octanol–water partition coefficient (Wildman–Crippen LogP) is 6.92. The Morgan fingerprint density at radius 1 is 0.658 bits per heavy atom. The van der Waals surface area contributed by atoms with E-state index in [1.807, 2.05) is 108 Å². The zero-order chi connectivity index (χ0) is 28.1. The average molecular weight is 557 g/mol. The van der Waals surface area contributed by atoms with Crippen molar-refractivity contribution in [2.24, 2.45) is 0 Å². The third kappa shape index (κ3) is 7.85. The highest BCUT2D eigenvalue weighted by molar-refractivity contribution is 8.07. The second-order valence-corrected chi connectivity index (χ2v) is 14.5. The standard InChI is InChI=1S/C30H44N4O2S2/c1-29(2,3)33(27(35)31(7)23-15-11-9-12-16-23)19-25-21-38-26(22-37-25)20-34(30(4,5)6)28(36)32(8)24-17-13-10-14-18-24/h9-18,25-26H,19-22H2,1-8H3. The van der Waals surface area contributed by atoms with E-state index in [0.717, 1.165) is 22.9 Å². The minimum Gasteiger partial charge on any atom is -0.318 e. The highest BCUT2D eigenvalue weighted by atomic mass is 32.2. The van der Waals surface area contributed by atoms with E-state index >= 15 is 0 Å². The van der Waals surface area contributed by atoms with Crippen LogP contribution in [-0.4, -0.2) is 82.1 Å². The van der Waals surface area contributed by atoms with Gasteiger partial charge in [0.2, 0.25) is 0 Å². The smallest absolute Gasteiger partial charge is 0.318 e. The maximum Gasteiger partial charge on any atom is 0.324 e. The molecule has 2 aromatic rings. The maximum atomic E-state index is 13.5. The fourth-order valence-electron chi connectivity index (χ4n) is 4.37. The molecular weight excluding hydrogens is 512 g/mol. The summed E-state index contributed by atoms with van der Waals surface area (Å²) >= 11 is 3.85. The summed E-state index contributed by atoms with van der Waals surface area (Å²) in [7, 11) is 3.69.